The van der Waals surface area contributed by atoms with Crippen LogP contribution in [0.25, 0.3) is 0 Å². The lowest BCUT2D eigenvalue weighted by Gasteiger charge is -2.12. The molecule has 1 aromatic carbocycles. The molecule has 23 heavy (non-hydrogen) atoms. The Kier molecular flexibility index (Phi) is 4.66. The van der Waals surface area contributed by atoms with Crippen molar-refractivity contribution in [3.8, 4) is 11.8 Å². The molecule has 0 aliphatic rings. The van der Waals surface area contributed by atoms with Crippen molar-refractivity contribution in [2.75, 3.05) is 5.32 Å². The fraction of sp³-hybridized carbons (Fsp3) is 0.0714. The van der Waals surface area contributed by atoms with Crippen molar-refractivity contribution in [1.29, 1.82) is 0 Å². The van der Waals surface area contributed by atoms with Crippen molar-refractivity contribution in [2.45, 2.75) is 6.18 Å². The third kappa shape index (κ3) is 4.08. The van der Waals surface area contributed by atoms with Gasteiger partial charge < -0.3 is 10.4 Å². The van der Waals surface area contributed by atoms with Gasteiger partial charge in [-0.2, -0.15) is 13.2 Å². The summed E-state index contributed by atoms with van der Waals surface area (Å²) in [6.45, 7) is 0. The van der Waals surface area contributed by atoms with Crippen LogP contribution in [0.2, 0.25) is 0 Å². The number of hydrogen-bond donors (Lipinski definition) is 2. The second kappa shape index (κ2) is 6.50. The molecule has 1 heterocycles. The molecule has 1 amide bonds. The summed E-state index contributed by atoms with van der Waals surface area (Å²) in [6, 6.07) is 3.69. The third-order valence-corrected chi connectivity index (χ3v) is 3.22. The molecule has 0 radical (unpaired) electrons. The maximum absolute atomic E-state index is 12.4. The molecule has 0 saturated carbocycles. The molecule has 0 aliphatic carbocycles. The Morgan fingerprint density at radius 2 is 2.00 bits per heavy atom. The Morgan fingerprint density at radius 1 is 1.26 bits per heavy atom. The van der Waals surface area contributed by atoms with E-state index in [0.29, 0.717) is 5.01 Å². The molecule has 9 heteroatoms. The number of carboxylic acid groups (broad SMARTS) is 1. The number of thiazole rings is 1. The highest BCUT2D eigenvalue weighted by Crippen LogP contribution is 2.24. The first-order valence-electron chi connectivity index (χ1n) is 5.95. The molecule has 0 aliphatic heterocycles. The first kappa shape index (κ1) is 16.5. The van der Waals surface area contributed by atoms with Gasteiger partial charge in [0.05, 0.1) is 11.3 Å². The van der Waals surface area contributed by atoms with Crippen LogP contribution >= 0.6 is 11.3 Å². The lowest BCUT2D eigenvalue weighted by molar-refractivity contribution is -0.167. The molecular formula is C14H7F3N2O3S. The molecule has 0 fully saturated rings. The highest BCUT2D eigenvalue weighted by Gasteiger charge is 2.39. The van der Waals surface area contributed by atoms with E-state index in [1.54, 1.807) is 10.7 Å². The fourth-order valence-corrected chi connectivity index (χ4v) is 2.04. The van der Waals surface area contributed by atoms with E-state index in [-0.39, 0.29) is 5.56 Å². The van der Waals surface area contributed by atoms with Gasteiger partial charge in [0.2, 0.25) is 0 Å². The van der Waals surface area contributed by atoms with Crippen LogP contribution < -0.4 is 5.32 Å². The molecule has 0 spiro atoms. The highest BCUT2D eigenvalue weighted by molar-refractivity contribution is 7.10. The Morgan fingerprint density at radius 3 is 2.57 bits per heavy atom. The van der Waals surface area contributed by atoms with Gasteiger partial charge in [-0.15, -0.1) is 11.3 Å². The van der Waals surface area contributed by atoms with Crippen LogP contribution in [0.5, 0.6) is 0 Å². The number of nitrogens with one attached hydrogen (secondary N) is 1. The lowest BCUT2D eigenvalue weighted by atomic mass is 10.1. The Hall–Kier alpha value is -2.86. The predicted molar refractivity (Wildman–Crippen MR) is 76.2 cm³/mol. The number of alkyl halides is 3. The second-order valence-corrected chi connectivity index (χ2v) is 4.97. The number of nitrogens with zero attached hydrogens (tertiary/aromatic N) is 1. The average molecular weight is 340 g/mol. The van der Waals surface area contributed by atoms with Crippen LogP contribution in [0.15, 0.2) is 29.8 Å². The zero-order valence-electron chi connectivity index (χ0n) is 11.1. The molecule has 2 aromatic rings. The van der Waals surface area contributed by atoms with Crippen molar-refractivity contribution in [3.05, 3.63) is 45.9 Å². The van der Waals surface area contributed by atoms with Crippen LogP contribution in [0.1, 0.15) is 20.9 Å². The van der Waals surface area contributed by atoms with E-state index in [0.717, 1.165) is 6.07 Å². The average Bonchev–Trinajstić information content (AvgIpc) is 2.98. The molecule has 0 bridgehead atoms. The number of carbonyl (C=O) groups excluding carboxylic acids is 1. The van der Waals surface area contributed by atoms with Gasteiger partial charge in [0.25, 0.3) is 0 Å². The number of hydrogen-bond acceptors (Lipinski definition) is 4. The summed E-state index contributed by atoms with van der Waals surface area (Å²) in [5, 5.41) is 12.7. The Labute approximate surface area is 131 Å². The van der Waals surface area contributed by atoms with Crippen LogP contribution in [0, 0.1) is 11.8 Å². The quantitative estimate of drug-likeness (QED) is 0.824. The van der Waals surface area contributed by atoms with Gasteiger partial charge in [-0.25, -0.2) is 9.78 Å². The number of amides is 1. The highest BCUT2D eigenvalue weighted by atomic mass is 32.1. The molecule has 0 atom stereocenters. The number of carboxylic acids is 1. The van der Waals surface area contributed by atoms with Crippen molar-refractivity contribution >= 4 is 28.9 Å². The van der Waals surface area contributed by atoms with Crippen molar-refractivity contribution < 1.29 is 27.9 Å². The summed E-state index contributed by atoms with van der Waals surface area (Å²) < 4.78 is 37.2. The number of carbonyl (C=O) groups is 2. The summed E-state index contributed by atoms with van der Waals surface area (Å²) in [6.07, 6.45) is -3.65. The lowest BCUT2D eigenvalue weighted by Crippen LogP contribution is -2.31. The molecule has 2 rings (SSSR count). The predicted octanol–water partition coefficient (Wildman–Crippen LogP) is 2.74. The summed E-state index contributed by atoms with van der Waals surface area (Å²) >= 11 is 1.21. The van der Waals surface area contributed by atoms with Gasteiger partial charge >= 0.3 is 18.1 Å². The Balaban J connectivity index is 2.48. The van der Waals surface area contributed by atoms with Crippen LogP contribution in [0.3, 0.4) is 0 Å². The zero-order chi connectivity index (χ0) is 17.0. The Bertz CT molecular complexity index is 805. The zero-order valence-corrected chi connectivity index (χ0v) is 12.0. The maximum Gasteiger partial charge on any atom is 0.471 e. The van der Waals surface area contributed by atoms with Crippen LogP contribution in [-0.2, 0) is 4.79 Å². The number of para-hydroxylation sites is 1. The summed E-state index contributed by atoms with van der Waals surface area (Å²) in [5.74, 6) is 1.35. The first-order valence-corrected chi connectivity index (χ1v) is 6.83. The van der Waals surface area contributed by atoms with Gasteiger partial charge in [0.1, 0.15) is 0 Å². The number of aromatic nitrogens is 1. The van der Waals surface area contributed by atoms with E-state index < -0.39 is 29.3 Å². The normalized spacial score (nSPS) is 10.6. The largest absolute Gasteiger partial charge is 0.478 e. The van der Waals surface area contributed by atoms with Gasteiger partial charge in [-0.3, -0.25) is 4.79 Å². The number of halogens is 3. The van der Waals surface area contributed by atoms with E-state index in [4.69, 9.17) is 5.11 Å². The molecule has 2 N–H and O–H groups in total. The van der Waals surface area contributed by atoms with Crippen molar-refractivity contribution in [3.63, 3.8) is 0 Å². The topological polar surface area (TPSA) is 79.3 Å². The SMILES string of the molecule is O=C(O)c1cccc(C#Cc2nccs2)c1NC(=O)C(F)(F)F. The monoisotopic (exact) mass is 340 g/mol. The minimum Gasteiger partial charge on any atom is -0.478 e. The fourth-order valence-electron chi connectivity index (χ4n) is 1.56. The van der Waals surface area contributed by atoms with Crippen LogP contribution in [0.4, 0.5) is 18.9 Å². The van der Waals surface area contributed by atoms with Gasteiger partial charge in [-0.1, -0.05) is 12.0 Å². The molecule has 0 saturated heterocycles. The number of aromatic carboxylic acids is 1. The van der Waals surface area contributed by atoms with E-state index in [1.807, 2.05) is 0 Å². The molecular weight excluding hydrogens is 333 g/mol. The van der Waals surface area contributed by atoms with Crippen molar-refractivity contribution in [1.82, 2.24) is 4.98 Å². The summed E-state index contributed by atoms with van der Waals surface area (Å²) in [7, 11) is 0. The minimum absolute atomic E-state index is 0.0577. The van der Waals surface area contributed by atoms with E-state index in [2.05, 4.69) is 16.8 Å². The second-order valence-electron chi connectivity index (χ2n) is 4.07. The third-order valence-electron chi connectivity index (χ3n) is 2.53. The number of benzene rings is 1. The van der Waals surface area contributed by atoms with Gasteiger partial charge in [0, 0.05) is 17.1 Å². The number of anilines is 1. The van der Waals surface area contributed by atoms with E-state index >= 15 is 0 Å². The molecule has 1 aromatic heterocycles. The molecule has 0 unspecified atom stereocenters. The van der Waals surface area contributed by atoms with Gasteiger partial charge in [-0.05, 0) is 18.1 Å². The first-order chi connectivity index (χ1) is 10.8. The van der Waals surface area contributed by atoms with Crippen LogP contribution in [-0.4, -0.2) is 28.1 Å². The van der Waals surface area contributed by atoms with E-state index in [9.17, 15) is 22.8 Å². The summed E-state index contributed by atoms with van der Waals surface area (Å²) in [5.41, 5.74) is -1.06. The van der Waals surface area contributed by atoms with Gasteiger partial charge in [0.15, 0.2) is 5.01 Å². The molecule has 118 valence electrons. The minimum atomic E-state index is -5.15. The number of rotatable bonds is 2. The van der Waals surface area contributed by atoms with E-state index in [1.165, 1.54) is 29.7 Å². The summed E-state index contributed by atoms with van der Waals surface area (Å²) in [4.78, 5) is 26.1. The molecule has 5 nitrogen and oxygen atoms in total. The smallest absolute Gasteiger partial charge is 0.471 e. The van der Waals surface area contributed by atoms with Crippen molar-refractivity contribution in [2.24, 2.45) is 0 Å². The standard InChI is InChI=1S/C14H7F3N2O3S/c15-14(16,17)13(22)19-11-8(2-1-3-9(11)12(20)21)4-5-10-18-6-7-23-10/h1-3,6-7H,(H,19,22)(H,20,21). The maximum atomic E-state index is 12.4.